The number of H-pyrrole nitrogens is 1. The molecule has 2 atom stereocenters. The van der Waals surface area contributed by atoms with Crippen LogP contribution in [0.5, 0.6) is 11.5 Å². The second-order valence-corrected chi connectivity index (χ2v) is 9.42. The van der Waals surface area contributed by atoms with Crippen molar-refractivity contribution >= 4 is 34.5 Å². The van der Waals surface area contributed by atoms with Gasteiger partial charge in [-0.05, 0) is 56.3 Å². The Kier molecular flexibility index (Phi) is 6.87. The highest BCUT2D eigenvalue weighted by atomic mass is 16.6. The first-order valence-electron chi connectivity index (χ1n) is 12.4. The molecular formula is C28H32N6O4. The number of aromatic nitrogens is 3. The van der Waals surface area contributed by atoms with Crippen molar-refractivity contribution in [2.75, 3.05) is 30.4 Å². The van der Waals surface area contributed by atoms with Crippen LogP contribution < -0.4 is 19.7 Å². The van der Waals surface area contributed by atoms with Crippen molar-refractivity contribution in [3.63, 3.8) is 0 Å². The molecule has 1 aliphatic rings. The van der Waals surface area contributed by atoms with E-state index >= 15 is 0 Å². The van der Waals surface area contributed by atoms with E-state index in [1.807, 2.05) is 35.4 Å². The van der Waals surface area contributed by atoms with E-state index in [-0.39, 0.29) is 19.4 Å². The minimum Gasteiger partial charge on any atom is -0.497 e. The van der Waals surface area contributed by atoms with Crippen LogP contribution in [0.3, 0.4) is 0 Å². The predicted molar refractivity (Wildman–Crippen MR) is 148 cm³/mol. The number of carbonyl (C=O) groups is 2. The lowest BCUT2D eigenvalue weighted by atomic mass is 10.1. The molecule has 1 saturated heterocycles. The number of hydrogen-bond acceptors (Lipinski definition) is 7. The third kappa shape index (κ3) is 5.10. The Morgan fingerprint density at radius 1 is 1.08 bits per heavy atom. The minimum absolute atomic E-state index is 0. The number of benzene rings is 1. The zero-order valence-electron chi connectivity index (χ0n) is 21.8. The average molecular weight is 517 g/mol. The van der Waals surface area contributed by atoms with Crippen LogP contribution in [0.15, 0.2) is 60.9 Å². The van der Waals surface area contributed by atoms with E-state index in [2.05, 4.69) is 34.0 Å². The molecule has 1 aromatic carbocycles. The van der Waals surface area contributed by atoms with Crippen LogP contribution in [0.4, 0.5) is 16.3 Å². The van der Waals surface area contributed by atoms with Gasteiger partial charge in [-0.2, -0.15) is 0 Å². The molecule has 1 aliphatic heterocycles. The number of amides is 2. The van der Waals surface area contributed by atoms with Crippen LogP contribution in [-0.2, 0) is 4.79 Å². The fourth-order valence-electron chi connectivity index (χ4n) is 5.06. The normalized spacial score (nSPS) is 17.4. The predicted octanol–water partition coefficient (Wildman–Crippen LogP) is 4.94. The highest BCUT2D eigenvalue weighted by Crippen LogP contribution is 2.30. The number of rotatable bonds is 5. The summed E-state index contributed by atoms with van der Waals surface area (Å²) >= 11 is 0. The zero-order valence-corrected chi connectivity index (χ0v) is 21.8. The third-order valence-corrected chi connectivity index (χ3v) is 6.66. The van der Waals surface area contributed by atoms with Gasteiger partial charge in [-0.15, -0.1) is 0 Å². The molecule has 0 saturated carbocycles. The Morgan fingerprint density at radius 3 is 2.47 bits per heavy atom. The zero-order chi connectivity index (χ0) is 26.8. The average Bonchev–Trinajstić information content (AvgIpc) is 3.32. The van der Waals surface area contributed by atoms with Crippen molar-refractivity contribution in [3.8, 4) is 22.8 Å². The quantitative estimate of drug-likeness (QED) is 0.386. The Balaban J connectivity index is 0.00000353. The molecule has 2 amide bonds. The SMILES string of the molecule is COc1ccc(OC(=O)Nc2cnc3[nH]cc(-c4cccc(N5C[C@@H](C)N(C(C)=O)[C@@H](C)C5)n4)c3c2)cc1.[HH]. The lowest BCUT2D eigenvalue weighted by Crippen LogP contribution is -2.58. The number of nitrogens with zero attached hydrogens (tertiary/aromatic N) is 4. The molecule has 4 aromatic rings. The van der Waals surface area contributed by atoms with Gasteiger partial charge in [0, 0.05) is 50.7 Å². The van der Waals surface area contributed by atoms with Crippen molar-refractivity contribution in [1.29, 1.82) is 0 Å². The van der Waals surface area contributed by atoms with Crippen LogP contribution in [0.25, 0.3) is 22.3 Å². The Hall–Kier alpha value is -4.60. The lowest BCUT2D eigenvalue weighted by Gasteiger charge is -2.44. The summed E-state index contributed by atoms with van der Waals surface area (Å²) < 4.78 is 10.5. The monoisotopic (exact) mass is 516 g/mol. The van der Waals surface area contributed by atoms with Gasteiger partial charge in [-0.3, -0.25) is 10.1 Å². The maximum atomic E-state index is 12.5. The van der Waals surface area contributed by atoms with Crippen LogP contribution in [0.2, 0.25) is 0 Å². The van der Waals surface area contributed by atoms with Gasteiger partial charge >= 0.3 is 6.09 Å². The fraction of sp³-hybridized carbons (Fsp3) is 0.286. The van der Waals surface area contributed by atoms with Gasteiger partial charge in [-0.1, -0.05) is 6.07 Å². The Bertz CT molecular complexity index is 1460. The van der Waals surface area contributed by atoms with Crippen molar-refractivity contribution in [2.45, 2.75) is 32.9 Å². The van der Waals surface area contributed by atoms with E-state index < -0.39 is 6.09 Å². The van der Waals surface area contributed by atoms with Crippen LogP contribution in [-0.4, -0.2) is 64.1 Å². The third-order valence-electron chi connectivity index (χ3n) is 6.66. The maximum absolute atomic E-state index is 12.5. The van der Waals surface area contributed by atoms with Gasteiger partial charge < -0.3 is 24.3 Å². The topological polar surface area (TPSA) is 113 Å². The van der Waals surface area contributed by atoms with E-state index in [1.165, 1.54) is 0 Å². The van der Waals surface area contributed by atoms with Crippen molar-refractivity contribution in [3.05, 3.63) is 60.9 Å². The number of ether oxygens (including phenoxy) is 2. The maximum Gasteiger partial charge on any atom is 0.417 e. The fourth-order valence-corrected chi connectivity index (χ4v) is 5.06. The number of aromatic amines is 1. The van der Waals surface area contributed by atoms with Crippen LogP contribution >= 0.6 is 0 Å². The molecule has 3 aromatic heterocycles. The number of methoxy groups -OCH3 is 1. The van der Waals surface area contributed by atoms with Crippen LogP contribution in [0.1, 0.15) is 22.2 Å². The molecule has 2 N–H and O–H groups in total. The smallest absolute Gasteiger partial charge is 0.417 e. The highest BCUT2D eigenvalue weighted by molar-refractivity contribution is 5.96. The van der Waals surface area contributed by atoms with E-state index in [4.69, 9.17) is 14.5 Å². The molecule has 198 valence electrons. The first-order valence-corrected chi connectivity index (χ1v) is 12.4. The summed E-state index contributed by atoms with van der Waals surface area (Å²) in [7, 11) is 1.57. The summed E-state index contributed by atoms with van der Waals surface area (Å²) in [6.07, 6.45) is 2.81. The van der Waals surface area contributed by atoms with Gasteiger partial charge in [0.2, 0.25) is 5.91 Å². The number of nitrogens with one attached hydrogen (secondary N) is 2. The molecule has 0 bridgehead atoms. The van der Waals surface area contributed by atoms with Crippen molar-refractivity contribution < 1.29 is 20.5 Å². The van der Waals surface area contributed by atoms with Gasteiger partial charge in [0.15, 0.2) is 0 Å². The molecule has 0 radical (unpaired) electrons. The Labute approximate surface area is 222 Å². The van der Waals surface area contributed by atoms with Crippen LogP contribution in [0, 0.1) is 0 Å². The van der Waals surface area contributed by atoms with E-state index in [9.17, 15) is 9.59 Å². The molecule has 4 heterocycles. The van der Waals surface area contributed by atoms with Gasteiger partial charge in [0.1, 0.15) is 23.0 Å². The molecule has 1 fully saturated rings. The summed E-state index contributed by atoms with van der Waals surface area (Å²) in [5, 5.41) is 3.56. The van der Waals surface area contributed by atoms with Crippen molar-refractivity contribution in [1.82, 2.24) is 19.9 Å². The number of anilines is 2. The summed E-state index contributed by atoms with van der Waals surface area (Å²) in [6.45, 7) is 7.16. The number of piperazine rings is 1. The van der Waals surface area contributed by atoms with E-state index in [1.54, 1.807) is 44.5 Å². The molecule has 0 spiro atoms. The first-order chi connectivity index (χ1) is 18.3. The number of carbonyl (C=O) groups excluding carboxylic acids is 2. The molecule has 0 unspecified atom stereocenters. The standard InChI is InChI=1S/C28H30N6O4.H2/c1-17-15-33(16-18(2)34(17)19(3)35)26-7-5-6-25(32-26)24-14-30-27-23(24)12-20(13-29-27)31-28(36)38-22-10-8-21(37-4)9-11-22;/h5-14,17-18H,15-16H2,1-4H3,(H,29,30)(H,31,36);1H/t17-,18+;. The molecular weight excluding hydrogens is 484 g/mol. The second kappa shape index (κ2) is 10.4. The minimum atomic E-state index is -0.624. The molecule has 10 heteroatoms. The molecule has 0 aliphatic carbocycles. The second-order valence-electron chi connectivity index (χ2n) is 9.42. The summed E-state index contributed by atoms with van der Waals surface area (Å²) in [4.78, 5) is 41.2. The van der Waals surface area contributed by atoms with Gasteiger partial charge in [0.25, 0.3) is 0 Å². The van der Waals surface area contributed by atoms with Gasteiger partial charge in [0.05, 0.1) is 24.7 Å². The van der Waals surface area contributed by atoms with E-state index in [0.29, 0.717) is 35.9 Å². The number of hydrogen-bond donors (Lipinski definition) is 2. The largest absolute Gasteiger partial charge is 0.497 e. The molecule has 38 heavy (non-hydrogen) atoms. The number of fused-ring (bicyclic) bond motifs is 1. The molecule has 10 nitrogen and oxygen atoms in total. The van der Waals surface area contributed by atoms with E-state index in [0.717, 1.165) is 22.5 Å². The molecule has 5 rings (SSSR count). The Morgan fingerprint density at radius 2 is 1.79 bits per heavy atom. The lowest BCUT2D eigenvalue weighted by molar-refractivity contribution is -0.133. The summed E-state index contributed by atoms with van der Waals surface area (Å²) in [5.74, 6) is 2.01. The van der Waals surface area contributed by atoms with Crippen molar-refractivity contribution in [2.24, 2.45) is 0 Å². The highest BCUT2D eigenvalue weighted by Gasteiger charge is 2.31. The first kappa shape index (κ1) is 25.1. The summed E-state index contributed by atoms with van der Waals surface area (Å²) in [5.41, 5.74) is 2.82. The number of pyridine rings is 2. The summed E-state index contributed by atoms with van der Waals surface area (Å²) in [6, 6.07) is 14.7. The van der Waals surface area contributed by atoms with Gasteiger partial charge in [-0.25, -0.2) is 14.8 Å².